The molecule has 0 radical (unpaired) electrons. The SMILES string of the molecule is CCCOc1ccc(C(=O)N/N=C/c2ccc(Oc3ccc([N+](=O)[O-])cc3[N+](=O)[O-])c(OC)c2)cc1OCC. The van der Waals surface area contributed by atoms with Gasteiger partial charge in [0.1, 0.15) is 0 Å². The van der Waals surface area contributed by atoms with Crippen molar-refractivity contribution in [3.8, 4) is 28.7 Å². The molecule has 0 atom stereocenters. The highest BCUT2D eigenvalue weighted by molar-refractivity contribution is 5.95. The minimum Gasteiger partial charge on any atom is -0.493 e. The quantitative estimate of drug-likeness (QED) is 0.174. The Balaban J connectivity index is 1.73. The second kappa shape index (κ2) is 13.4. The Kier molecular flexibility index (Phi) is 9.73. The molecule has 0 bridgehead atoms. The molecule has 0 spiro atoms. The van der Waals surface area contributed by atoms with Crippen LogP contribution in [0, 0.1) is 20.2 Å². The molecule has 3 aromatic rings. The second-order valence-electron chi connectivity index (χ2n) is 7.82. The van der Waals surface area contributed by atoms with Gasteiger partial charge in [-0.15, -0.1) is 0 Å². The molecule has 0 aliphatic heterocycles. The van der Waals surface area contributed by atoms with Gasteiger partial charge in [-0.2, -0.15) is 5.10 Å². The average Bonchev–Trinajstić information content (AvgIpc) is 2.93. The first-order valence-electron chi connectivity index (χ1n) is 11.8. The fourth-order valence-electron chi connectivity index (χ4n) is 3.29. The third-order valence-corrected chi connectivity index (χ3v) is 5.10. The Hall–Kier alpha value is -5.20. The standard InChI is InChI=1S/C26H26N4O9/c1-4-12-38-22-10-7-18(14-25(22)37-5-2)26(31)28-27-16-17-6-9-23(24(13-17)36-3)39-21-11-8-19(29(32)33)15-20(21)30(34)35/h6-11,13-16H,4-5,12H2,1-3H3,(H,28,31)/b27-16+. The molecule has 1 N–H and O–H groups in total. The van der Waals surface area contributed by atoms with E-state index in [1.807, 2.05) is 13.8 Å². The minimum atomic E-state index is -0.776. The number of hydrazone groups is 1. The zero-order valence-corrected chi connectivity index (χ0v) is 21.4. The third-order valence-electron chi connectivity index (χ3n) is 5.10. The fraction of sp³-hybridized carbons (Fsp3) is 0.231. The monoisotopic (exact) mass is 538 g/mol. The molecule has 0 aliphatic rings. The van der Waals surface area contributed by atoms with Gasteiger partial charge in [-0.1, -0.05) is 6.92 Å². The van der Waals surface area contributed by atoms with Gasteiger partial charge in [-0.05, 0) is 61.4 Å². The van der Waals surface area contributed by atoms with E-state index in [0.29, 0.717) is 35.8 Å². The molecule has 0 aromatic heterocycles. The van der Waals surface area contributed by atoms with Crippen LogP contribution in [0.5, 0.6) is 28.7 Å². The summed E-state index contributed by atoms with van der Waals surface area (Å²) in [5, 5.41) is 26.3. The maximum absolute atomic E-state index is 12.6. The molecule has 3 rings (SSSR count). The molecule has 3 aromatic carbocycles. The molecular weight excluding hydrogens is 512 g/mol. The van der Waals surface area contributed by atoms with E-state index in [1.165, 1.54) is 25.5 Å². The summed E-state index contributed by atoms with van der Waals surface area (Å²) in [6, 6.07) is 12.5. The lowest BCUT2D eigenvalue weighted by atomic mass is 10.2. The molecule has 13 heteroatoms. The van der Waals surface area contributed by atoms with Crippen molar-refractivity contribution < 1.29 is 33.6 Å². The lowest BCUT2D eigenvalue weighted by Crippen LogP contribution is -2.17. The Bertz CT molecular complexity index is 1390. The van der Waals surface area contributed by atoms with Crippen LogP contribution in [0.3, 0.4) is 0 Å². The molecule has 204 valence electrons. The number of benzene rings is 3. The van der Waals surface area contributed by atoms with Crippen molar-refractivity contribution >= 4 is 23.5 Å². The zero-order chi connectivity index (χ0) is 28.4. The predicted molar refractivity (Wildman–Crippen MR) is 141 cm³/mol. The van der Waals surface area contributed by atoms with E-state index in [0.717, 1.165) is 24.6 Å². The number of hydrogen-bond donors (Lipinski definition) is 1. The number of carbonyl (C=O) groups is 1. The summed E-state index contributed by atoms with van der Waals surface area (Å²) in [6.07, 6.45) is 2.21. The number of ether oxygens (including phenoxy) is 4. The maximum atomic E-state index is 12.6. The molecule has 0 aliphatic carbocycles. The van der Waals surface area contributed by atoms with Crippen LogP contribution in [-0.2, 0) is 0 Å². The Morgan fingerprint density at radius 2 is 1.64 bits per heavy atom. The van der Waals surface area contributed by atoms with Gasteiger partial charge < -0.3 is 18.9 Å². The summed E-state index contributed by atoms with van der Waals surface area (Å²) in [5.41, 5.74) is 2.27. The fourth-order valence-corrected chi connectivity index (χ4v) is 3.29. The van der Waals surface area contributed by atoms with E-state index in [4.69, 9.17) is 18.9 Å². The molecule has 0 heterocycles. The summed E-state index contributed by atoms with van der Waals surface area (Å²) in [4.78, 5) is 33.4. The van der Waals surface area contributed by atoms with Crippen LogP contribution in [0.2, 0.25) is 0 Å². The largest absolute Gasteiger partial charge is 0.493 e. The van der Waals surface area contributed by atoms with Gasteiger partial charge >= 0.3 is 5.69 Å². The zero-order valence-electron chi connectivity index (χ0n) is 21.4. The van der Waals surface area contributed by atoms with Crippen molar-refractivity contribution in [3.63, 3.8) is 0 Å². The first-order valence-corrected chi connectivity index (χ1v) is 11.8. The van der Waals surface area contributed by atoms with Crippen molar-refractivity contribution in [2.75, 3.05) is 20.3 Å². The highest BCUT2D eigenvalue weighted by atomic mass is 16.6. The predicted octanol–water partition coefficient (Wildman–Crippen LogP) is 5.26. The second-order valence-corrected chi connectivity index (χ2v) is 7.82. The van der Waals surface area contributed by atoms with Crippen molar-refractivity contribution in [3.05, 3.63) is 86.0 Å². The summed E-state index contributed by atoms with van der Waals surface area (Å²) in [6.45, 7) is 4.75. The normalized spacial score (nSPS) is 10.6. The molecular formula is C26H26N4O9. The summed E-state index contributed by atoms with van der Waals surface area (Å²) in [5.74, 6) is 0.677. The average molecular weight is 539 g/mol. The van der Waals surface area contributed by atoms with E-state index in [9.17, 15) is 25.0 Å². The molecule has 13 nitrogen and oxygen atoms in total. The number of rotatable bonds is 13. The van der Waals surface area contributed by atoms with E-state index in [-0.39, 0.29) is 17.2 Å². The Labute approximate surface area is 223 Å². The first kappa shape index (κ1) is 28.4. The van der Waals surface area contributed by atoms with Crippen LogP contribution in [0.4, 0.5) is 11.4 Å². The molecule has 0 saturated carbocycles. The topological polar surface area (TPSA) is 165 Å². The van der Waals surface area contributed by atoms with Crippen LogP contribution in [0.15, 0.2) is 59.7 Å². The third kappa shape index (κ3) is 7.41. The van der Waals surface area contributed by atoms with Crippen molar-refractivity contribution in [1.29, 1.82) is 0 Å². The minimum absolute atomic E-state index is 0.129. The van der Waals surface area contributed by atoms with Gasteiger partial charge in [0, 0.05) is 11.6 Å². The van der Waals surface area contributed by atoms with E-state index >= 15 is 0 Å². The smallest absolute Gasteiger partial charge is 0.318 e. The molecule has 0 unspecified atom stereocenters. The number of nitrogens with one attached hydrogen (secondary N) is 1. The molecule has 0 fully saturated rings. The Morgan fingerprint density at radius 3 is 2.31 bits per heavy atom. The number of nitrogens with zero attached hydrogens (tertiary/aromatic N) is 3. The summed E-state index contributed by atoms with van der Waals surface area (Å²) < 4.78 is 22.2. The van der Waals surface area contributed by atoms with Crippen LogP contribution in [-0.4, -0.2) is 42.3 Å². The highest BCUT2D eigenvalue weighted by Gasteiger charge is 2.22. The van der Waals surface area contributed by atoms with E-state index < -0.39 is 27.1 Å². The van der Waals surface area contributed by atoms with Gasteiger partial charge in [0.25, 0.3) is 11.6 Å². The first-order chi connectivity index (χ1) is 18.8. The number of hydrogen-bond acceptors (Lipinski definition) is 10. The highest BCUT2D eigenvalue weighted by Crippen LogP contribution is 2.38. The van der Waals surface area contributed by atoms with Gasteiger partial charge in [0.2, 0.25) is 5.75 Å². The maximum Gasteiger partial charge on any atom is 0.318 e. The van der Waals surface area contributed by atoms with Crippen LogP contribution >= 0.6 is 0 Å². The number of methoxy groups -OCH3 is 1. The van der Waals surface area contributed by atoms with Gasteiger partial charge in [-0.3, -0.25) is 25.0 Å². The number of nitro benzene ring substituents is 2. The summed E-state index contributed by atoms with van der Waals surface area (Å²) in [7, 11) is 1.37. The number of carbonyl (C=O) groups excluding carboxylic acids is 1. The molecule has 1 amide bonds. The summed E-state index contributed by atoms with van der Waals surface area (Å²) >= 11 is 0. The van der Waals surface area contributed by atoms with Crippen molar-refractivity contribution in [2.45, 2.75) is 20.3 Å². The lowest BCUT2D eigenvalue weighted by Gasteiger charge is -2.12. The number of non-ortho nitro benzene ring substituents is 1. The number of nitro groups is 2. The van der Waals surface area contributed by atoms with Crippen LogP contribution in [0.25, 0.3) is 0 Å². The van der Waals surface area contributed by atoms with Gasteiger partial charge in [0.05, 0.1) is 42.5 Å². The number of amides is 1. The molecule has 0 saturated heterocycles. The van der Waals surface area contributed by atoms with Crippen molar-refractivity contribution in [1.82, 2.24) is 5.43 Å². The van der Waals surface area contributed by atoms with E-state index in [1.54, 1.807) is 24.3 Å². The van der Waals surface area contributed by atoms with Crippen molar-refractivity contribution in [2.24, 2.45) is 5.10 Å². The van der Waals surface area contributed by atoms with Crippen LogP contribution in [0.1, 0.15) is 36.2 Å². The lowest BCUT2D eigenvalue weighted by molar-refractivity contribution is -0.394. The van der Waals surface area contributed by atoms with E-state index in [2.05, 4.69) is 10.5 Å². The van der Waals surface area contributed by atoms with Crippen LogP contribution < -0.4 is 24.4 Å². The van der Waals surface area contributed by atoms with Gasteiger partial charge in [0.15, 0.2) is 23.0 Å². The van der Waals surface area contributed by atoms with Gasteiger partial charge in [-0.25, -0.2) is 5.43 Å². The Morgan fingerprint density at radius 1 is 0.897 bits per heavy atom. The molecule has 39 heavy (non-hydrogen) atoms.